The van der Waals surface area contributed by atoms with Crippen molar-refractivity contribution in [3.8, 4) is 0 Å². The molecule has 0 unspecified atom stereocenters. The summed E-state index contributed by atoms with van der Waals surface area (Å²) in [5.74, 6) is 0. The number of alkyl halides is 3. The van der Waals surface area contributed by atoms with Gasteiger partial charge in [-0.1, -0.05) is 26.8 Å². The van der Waals surface area contributed by atoms with Gasteiger partial charge in [-0.15, -0.1) is 0 Å². The summed E-state index contributed by atoms with van der Waals surface area (Å²) in [5.41, 5.74) is 9.08. The Morgan fingerprint density at radius 2 is 1.79 bits per heavy atom. The maximum absolute atomic E-state index is 12.6. The summed E-state index contributed by atoms with van der Waals surface area (Å²) in [4.78, 5) is 3.45. The molecule has 9 heteroatoms. The summed E-state index contributed by atoms with van der Waals surface area (Å²) in [6, 6.07) is 6.14. The van der Waals surface area contributed by atoms with Crippen LogP contribution in [0.5, 0.6) is 0 Å². The molecule has 0 aliphatic heterocycles. The minimum Gasteiger partial charge on any atom is -0.380 e. The van der Waals surface area contributed by atoms with Gasteiger partial charge >= 0.3 is 6.18 Å². The van der Waals surface area contributed by atoms with Crippen molar-refractivity contribution in [2.45, 2.75) is 46.5 Å². The van der Waals surface area contributed by atoms with Crippen molar-refractivity contribution in [1.82, 2.24) is 4.98 Å². The predicted octanol–water partition coefficient (Wildman–Crippen LogP) is 6.98. The van der Waals surface area contributed by atoms with Crippen LogP contribution in [-0.4, -0.2) is 11.0 Å². The molecule has 0 saturated carbocycles. The van der Waals surface area contributed by atoms with E-state index in [4.69, 9.17) is 5.53 Å². The van der Waals surface area contributed by atoms with Gasteiger partial charge in [0.1, 0.15) is 11.4 Å². The number of nitrogens with zero attached hydrogens (tertiary/aromatic N) is 2. The molecule has 0 aliphatic carbocycles. The molecule has 1 atom stereocenters. The normalized spacial score (nSPS) is 13.1. The first-order valence-corrected chi connectivity index (χ1v) is 9.45. The average Bonchev–Trinajstić information content (AvgIpc) is 2.60. The average molecular weight is 458 g/mol. The van der Waals surface area contributed by atoms with Gasteiger partial charge in [-0.2, -0.15) is 18.3 Å². The van der Waals surface area contributed by atoms with Crippen LogP contribution >= 0.6 is 15.9 Å². The lowest BCUT2D eigenvalue weighted by atomic mass is 9.88. The SMILES string of the molecule is C[C@@H](Nc1ccc(NCc2ccc(C(F)(F)F)nc2)c(Br)c1N=N)C(C)(C)C. The number of hydrogen-bond acceptors (Lipinski definition) is 5. The fraction of sp³-hybridized carbons (Fsp3) is 0.421. The highest BCUT2D eigenvalue weighted by Gasteiger charge is 2.32. The van der Waals surface area contributed by atoms with E-state index in [1.165, 1.54) is 12.3 Å². The van der Waals surface area contributed by atoms with Crippen LogP contribution in [0.2, 0.25) is 0 Å². The molecule has 28 heavy (non-hydrogen) atoms. The van der Waals surface area contributed by atoms with E-state index in [1.54, 1.807) is 0 Å². The fourth-order valence-corrected chi connectivity index (χ4v) is 2.85. The Bertz CT molecular complexity index is 829. The maximum Gasteiger partial charge on any atom is 0.433 e. The molecule has 152 valence electrons. The first-order chi connectivity index (χ1) is 12.9. The number of benzene rings is 1. The van der Waals surface area contributed by atoms with Crippen molar-refractivity contribution in [3.05, 3.63) is 46.2 Å². The van der Waals surface area contributed by atoms with Crippen molar-refractivity contribution in [2.24, 2.45) is 10.5 Å². The highest BCUT2D eigenvalue weighted by Crippen LogP contribution is 2.40. The van der Waals surface area contributed by atoms with Gasteiger partial charge in [0.15, 0.2) is 0 Å². The van der Waals surface area contributed by atoms with E-state index in [0.717, 1.165) is 11.8 Å². The Balaban J connectivity index is 2.15. The van der Waals surface area contributed by atoms with Gasteiger partial charge in [-0.25, -0.2) is 5.53 Å². The second kappa shape index (κ2) is 8.46. The van der Waals surface area contributed by atoms with E-state index in [2.05, 4.69) is 64.4 Å². The van der Waals surface area contributed by atoms with E-state index < -0.39 is 11.9 Å². The lowest BCUT2D eigenvalue weighted by molar-refractivity contribution is -0.141. The smallest absolute Gasteiger partial charge is 0.380 e. The van der Waals surface area contributed by atoms with Gasteiger partial charge in [0.25, 0.3) is 0 Å². The largest absolute Gasteiger partial charge is 0.433 e. The minimum atomic E-state index is -4.45. The molecule has 1 aromatic carbocycles. The van der Waals surface area contributed by atoms with Gasteiger partial charge in [-0.3, -0.25) is 4.98 Å². The second-order valence-corrected chi connectivity index (χ2v) is 8.36. The highest BCUT2D eigenvalue weighted by molar-refractivity contribution is 9.10. The van der Waals surface area contributed by atoms with Crippen molar-refractivity contribution in [1.29, 1.82) is 5.53 Å². The number of halogens is 4. The molecular formula is C19H23BrF3N5. The number of nitrogens with one attached hydrogen (secondary N) is 3. The number of pyridine rings is 1. The lowest BCUT2D eigenvalue weighted by Crippen LogP contribution is -2.30. The van der Waals surface area contributed by atoms with Crippen LogP contribution in [0.25, 0.3) is 0 Å². The molecule has 0 saturated heterocycles. The molecule has 0 bridgehead atoms. The molecule has 0 amide bonds. The van der Waals surface area contributed by atoms with E-state index in [-0.39, 0.29) is 18.0 Å². The molecule has 1 aromatic heterocycles. The van der Waals surface area contributed by atoms with E-state index in [0.29, 0.717) is 21.4 Å². The summed E-state index contributed by atoms with van der Waals surface area (Å²) >= 11 is 3.46. The third kappa shape index (κ3) is 5.43. The monoisotopic (exact) mass is 457 g/mol. The highest BCUT2D eigenvalue weighted by atomic mass is 79.9. The molecule has 0 fully saturated rings. The number of anilines is 2. The Kier molecular flexibility index (Phi) is 6.69. The van der Waals surface area contributed by atoms with Crippen molar-refractivity contribution in [2.75, 3.05) is 10.6 Å². The predicted molar refractivity (Wildman–Crippen MR) is 108 cm³/mol. The third-order valence-corrected chi connectivity index (χ3v) is 5.30. The molecule has 5 nitrogen and oxygen atoms in total. The Hall–Kier alpha value is -2.16. The van der Waals surface area contributed by atoms with Crippen LogP contribution in [0.4, 0.5) is 30.2 Å². The third-order valence-electron chi connectivity index (χ3n) is 4.50. The molecule has 3 N–H and O–H groups in total. The molecule has 1 heterocycles. The van der Waals surface area contributed by atoms with Gasteiger partial charge in [-0.05, 0) is 52.0 Å². The summed E-state index contributed by atoms with van der Waals surface area (Å²) in [6.45, 7) is 8.69. The van der Waals surface area contributed by atoms with Crippen molar-refractivity contribution < 1.29 is 13.2 Å². The number of hydrogen-bond donors (Lipinski definition) is 3. The molecular weight excluding hydrogens is 435 g/mol. The van der Waals surface area contributed by atoms with Crippen LogP contribution in [-0.2, 0) is 12.7 Å². The van der Waals surface area contributed by atoms with Crippen LogP contribution < -0.4 is 10.6 Å². The first-order valence-electron chi connectivity index (χ1n) is 8.66. The minimum absolute atomic E-state index is 0.0261. The summed E-state index contributed by atoms with van der Waals surface area (Å²) in [6.07, 6.45) is -3.26. The Morgan fingerprint density at radius 3 is 2.29 bits per heavy atom. The quantitative estimate of drug-likeness (QED) is 0.409. The van der Waals surface area contributed by atoms with Gasteiger partial charge < -0.3 is 10.6 Å². The maximum atomic E-state index is 12.6. The van der Waals surface area contributed by atoms with E-state index >= 15 is 0 Å². The first kappa shape index (κ1) is 22.1. The van der Waals surface area contributed by atoms with Crippen molar-refractivity contribution >= 4 is 33.0 Å². The Morgan fingerprint density at radius 1 is 1.14 bits per heavy atom. The Labute approximate surface area is 170 Å². The lowest BCUT2D eigenvalue weighted by Gasteiger charge is -2.29. The zero-order valence-electron chi connectivity index (χ0n) is 16.1. The van der Waals surface area contributed by atoms with Crippen LogP contribution in [0.3, 0.4) is 0 Å². The van der Waals surface area contributed by atoms with E-state index in [1.807, 2.05) is 12.1 Å². The molecule has 2 aromatic rings. The van der Waals surface area contributed by atoms with Crippen LogP contribution in [0.1, 0.15) is 39.0 Å². The zero-order valence-corrected chi connectivity index (χ0v) is 17.7. The van der Waals surface area contributed by atoms with Crippen LogP contribution in [0.15, 0.2) is 40.0 Å². The number of aromatic nitrogens is 1. The van der Waals surface area contributed by atoms with Gasteiger partial charge in [0.05, 0.1) is 15.8 Å². The van der Waals surface area contributed by atoms with Crippen LogP contribution in [0, 0.1) is 10.9 Å². The zero-order chi connectivity index (χ0) is 21.1. The summed E-state index contributed by atoms with van der Waals surface area (Å²) in [5, 5.41) is 10.1. The fourth-order valence-electron chi connectivity index (χ4n) is 2.27. The topological polar surface area (TPSA) is 73.2 Å². The molecule has 2 rings (SSSR count). The van der Waals surface area contributed by atoms with Crippen molar-refractivity contribution in [3.63, 3.8) is 0 Å². The standard InChI is InChI=1S/C19H23BrF3N5/c1-11(18(2,3)4)27-14-7-6-13(16(20)17(14)28-24)25-9-12-5-8-15(26-10-12)19(21,22)23/h5-8,10-11,24-25,27H,9H2,1-4H3/t11-/m1/s1. The molecule has 0 aliphatic rings. The molecule has 0 spiro atoms. The molecule has 0 radical (unpaired) electrons. The van der Waals surface area contributed by atoms with Gasteiger partial charge in [0, 0.05) is 18.8 Å². The van der Waals surface area contributed by atoms with Gasteiger partial charge in [0.2, 0.25) is 0 Å². The summed E-state index contributed by atoms with van der Waals surface area (Å²) < 4.78 is 38.4. The van der Waals surface area contributed by atoms with E-state index in [9.17, 15) is 13.2 Å². The summed E-state index contributed by atoms with van der Waals surface area (Å²) in [7, 11) is 0. The number of rotatable bonds is 6. The second-order valence-electron chi connectivity index (χ2n) is 7.57.